The van der Waals surface area contributed by atoms with Crippen LogP contribution < -0.4 is 15.2 Å². The molecule has 1 heterocycles. The predicted molar refractivity (Wildman–Crippen MR) is 93.2 cm³/mol. The third-order valence-corrected chi connectivity index (χ3v) is 4.34. The molecule has 0 bridgehead atoms. The lowest BCUT2D eigenvalue weighted by Gasteiger charge is -2.07. The average Bonchev–Trinajstić information content (AvgIpc) is 2.88. The molecule has 1 aromatic heterocycles. The topological polar surface area (TPSA) is 97.2 Å². The van der Waals surface area contributed by atoms with E-state index in [1.54, 1.807) is 0 Å². The van der Waals surface area contributed by atoms with Gasteiger partial charge in [0, 0.05) is 23.6 Å². The molecule has 0 radical (unpaired) electrons. The first-order valence-electron chi connectivity index (χ1n) is 7.87. The van der Waals surface area contributed by atoms with Crippen LogP contribution in [0.2, 0.25) is 0 Å². The van der Waals surface area contributed by atoms with Gasteiger partial charge in [0.1, 0.15) is 5.75 Å². The van der Waals surface area contributed by atoms with E-state index < -0.39 is 10.0 Å². The van der Waals surface area contributed by atoms with E-state index in [0.717, 1.165) is 42.3 Å². The smallest absolute Gasteiger partial charge is 0.208 e. The van der Waals surface area contributed by atoms with Crippen molar-refractivity contribution in [3.8, 4) is 5.75 Å². The van der Waals surface area contributed by atoms with Gasteiger partial charge < -0.3 is 15.5 Å². The Morgan fingerprint density at radius 1 is 1.26 bits per heavy atom. The van der Waals surface area contributed by atoms with Crippen LogP contribution in [0.15, 0.2) is 24.4 Å². The number of ether oxygens (including phenoxy) is 1. The van der Waals surface area contributed by atoms with Crippen molar-refractivity contribution in [2.24, 2.45) is 5.73 Å². The number of aromatic nitrogens is 1. The number of hydrogen-bond acceptors (Lipinski definition) is 4. The van der Waals surface area contributed by atoms with Crippen molar-refractivity contribution in [3.05, 3.63) is 30.0 Å². The van der Waals surface area contributed by atoms with Crippen molar-refractivity contribution >= 4 is 20.9 Å². The van der Waals surface area contributed by atoms with Crippen molar-refractivity contribution in [1.82, 2.24) is 9.71 Å². The molecule has 1 aromatic carbocycles. The van der Waals surface area contributed by atoms with Crippen LogP contribution in [0.25, 0.3) is 10.9 Å². The van der Waals surface area contributed by atoms with Crippen molar-refractivity contribution in [3.63, 3.8) is 0 Å². The molecule has 2 rings (SSSR count). The Morgan fingerprint density at radius 2 is 2.09 bits per heavy atom. The molecule has 0 saturated heterocycles. The Bertz CT molecular complexity index is 725. The normalized spacial score (nSPS) is 11.9. The molecule has 0 saturated carbocycles. The van der Waals surface area contributed by atoms with E-state index in [2.05, 4.69) is 9.71 Å². The number of benzene rings is 1. The Labute approximate surface area is 137 Å². The minimum Gasteiger partial charge on any atom is -0.494 e. The second-order valence-corrected chi connectivity index (χ2v) is 7.47. The first kappa shape index (κ1) is 17.8. The summed E-state index contributed by atoms with van der Waals surface area (Å²) >= 11 is 0. The summed E-state index contributed by atoms with van der Waals surface area (Å²) in [7, 11) is -3.08. The predicted octanol–water partition coefficient (Wildman–Crippen LogP) is 1.77. The summed E-state index contributed by atoms with van der Waals surface area (Å²) in [5.74, 6) is 0.852. The minimum atomic E-state index is -3.08. The fourth-order valence-corrected chi connectivity index (χ4v) is 2.98. The van der Waals surface area contributed by atoms with Gasteiger partial charge in [0.15, 0.2) is 0 Å². The van der Waals surface area contributed by atoms with Gasteiger partial charge >= 0.3 is 0 Å². The highest BCUT2D eigenvalue weighted by molar-refractivity contribution is 7.88. The highest BCUT2D eigenvalue weighted by Crippen LogP contribution is 2.24. The van der Waals surface area contributed by atoms with Gasteiger partial charge in [-0.05, 0) is 56.0 Å². The van der Waals surface area contributed by atoms with Crippen LogP contribution in [0.1, 0.15) is 24.8 Å². The largest absolute Gasteiger partial charge is 0.494 e. The SMILES string of the molecule is CS(=O)(=O)NCCCCCOc1ccc2[nH]cc(CCN)c2c1. The highest BCUT2D eigenvalue weighted by Gasteiger charge is 2.05. The van der Waals surface area contributed by atoms with E-state index in [9.17, 15) is 8.42 Å². The maximum absolute atomic E-state index is 10.9. The molecule has 0 fully saturated rings. The van der Waals surface area contributed by atoms with Gasteiger partial charge in [-0.3, -0.25) is 0 Å². The lowest BCUT2D eigenvalue weighted by Crippen LogP contribution is -2.22. The third-order valence-electron chi connectivity index (χ3n) is 3.61. The van der Waals surface area contributed by atoms with Crippen LogP contribution >= 0.6 is 0 Å². The number of unbranched alkanes of at least 4 members (excludes halogenated alkanes) is 2. The zero-order chi connectivity index (χ0) is 16.7. The molecule has 0 aliphatic rings. The molecule has 4 N–H and O–H groups in total. The molecule has 0 unspecified atom stereocenters. The number of aromatic amines is 1. The molecule has 128 valence electrons. The molecule has 0 aliphatic carbocycles. The Kier molecular flexibility index (Phi) is 6.44. The zero-order valence-electron chi connectivity index (χ0n) is 13.5. The first-order valence-corrected chi connectivity index (χ1v) is 9.76. The second kappa shape index (κ2) is 8.33. The summed E-state index contributed by atoms with van der Waals surface area (Å²) in [4.78, 5) is 3.24. The number of sulfonamides is 1. The lowest BCUT2D eigenvalue weighted by molar-refractivity contribution is 0.306. The van der Waals surface area contributed by atoms with Crippen LogP contribution in [-0.2, 0) is 16.4 Å². The molecular formula is C16H25N3O3S. The summed E-state index contributed by atoms with van der Waals surface area (Å²) in [6.45, 7) is 1.73. The van der Waals surface area contributed by atoms with Gasteiger partial charge in [0.05, 0.1) is 12.9 Å². The van der Waals surface area contributed by atoms with Crippen molar-refractivity contribution in [2.45, 2.75) is 25.7 Å². The number of hydrogen-bond donors (Lipinski definition) is 3. The first-order chi connectivity index (χ1) is 11.0. The molecular weight excluding hydrogens is 314 g/mol. The summed E-state index contributed by atoms with van der Waals surface area (Å²) in [6.07, 6.45) is 6.65. The Hall–Kier alpha value is -1.57. The second-order valence-electron chi connectivity index (χ2n) is 5.64. The van der Waals surface area contributed by atoms with Crippen LogP contribution in [0.4, 0.5) is 0 Å². The van der Waals surface area contributed by atoms with Crippen molar-refractivity contribution < 1.29 is 13.2 Å². The number of fused-ring (bicyclic) bond motifs is 1. The number of nitrogens with two attached hydrogens (primary N) is 1. The van der Waals surface area contributed by atoms with Gasteiger partial charge in [0.25, 0.3) is 0 Å². The molecule has 0 spiro atoms. The van der Waals surface area contributed by atoms with Gasteiger partial charge in [0.2, 0.25) is 10.0 Å². The highest BCUT2D eigenvalue weighted by atomic mass is 32.2. The van der Waals surface area contributed by atoms with E-state index in [1.807, 2.05) is 24.4 Å². The van der Waals surface area contributed by atoms with Crippen LogP contribution in [0.3, 0.4) is 0 Å². The standard InChI is InChI=1S/C16H25N3O3S/c1-23(20,21)19-9-3-2-4-10-22-14-5-6-16-15(11-14)13(7-8-17)12-18-16/h5-6,11-12,18-19H,2-4,7-10,17H2,1H3. The summed E-state index contributed by atoms with van der Waals surface area (Å²) in [6, 6.07) is 6.01. The minimum absolute atomic E-state index is 0.483. The monoisotopic (exact) mass is 339 g/mol. The van der Waals surface area contributed by atoms with Gasteiger partial charge in [-0.1, -0.05) is 0 Å². The molecule has 0 amide bonds. The summed E-state index contributed by atoms with van der Waals surface area (Å²) in [5.41, 5.74) is 7.92. The third kappa shape index (κ3) is 5.85. The fraction of sp³-hybridized carbons (Fsp3) is 0.500. The quantitative estimate of drug-likeness (QED) is 0.575. The molecule has 7 heteroatoms. The number of rotatable bonds is 10. The summed E-state index contributed by atoms with van der Waals surface area (Å²) in [5, 5.41) is 1.16. The molecule has 2 aromatic rings. The fourth-order valence-electron chi connectivity index (χ4n) is 2.46. The Balaban J connectivity index is 1.75. The van der Waals surface area contributed by atoms with Gasteiger partial charge in [-0.15, -0.1) is 0 Å². The lowest BCUT2D eigenvalue weighted by atomic mass is 10.1. The van der Waals surface area contributed by atoms with E-state index >= 15 is 0 Å². The zero-order valence-corrected chi connectivity index (χ0v) is 14.3. The maximum atomic E-state index is 10.9. The molecule has 0 aliphatic heterocycles. The number of nitrogens with one attached hydrogen (secondary N) is 2. The van der Waals surface area contributed by atoms with E-state index in [4.69, 9.17) is 10.5 Å². The average molecular weight is 339 g/mol. The molecule has 6 nitrogen and oxygen atoms in total. The van der Waals surface area contributed by atoms with E-state index in [-0.39, 0.29) is 0 Å². The van der Waals surface area contributed by atoms with Crippen molar-refractivity contribution in [2.75, 3.05) is 26.0 Å². The van der Waals surface area contributed by atoms with Crippen molar-refractivity contribution in [1.29, 1.82) is 0 Å². The van der Waals surface area contributed by atoms with Gasteiger partial charge in [-0.25, -0.2) is 13.1 Å². The Morgan fingerprint density at radius 3 is 2.83 bits per heavy atom. The maximum Gasteiger partial charge on any atom is 0.208 e. The van der Waals surface area contributed by atoms with Crippen LogP contribution in [0.5, 0.6) is 5.75 Å². The van der Waals surface area contributed by atoms with Crippen LogP contribution in [-0.4, -0.2) is 39.4 Å². The van der Waals surface area contributed by atoms with Crippen LogP contribution in [0, 0.1) is 0 Å². The van der Waals surface area contributed by atoms with E-state index in [1.165, 1.54) is 11.8 Å². The van der Waals surface area contributed by atoms with Gasteiger partial charge in [-0.2, -0.15) is 0 Å². The van der Waals surface area contributed by atoms with E-state index in [0.29, 0.717) is 19.7 Å². The molecule has 23 heavy (non-hydrogen) atoms. The summed E-state index contributed by atoms with van der Waals surface area (Å²) < 4.78 is 30.1. The molecule has 0 atom stereocenters. The number of H-pyrrole nitrogens is 1.